The van der Waals surface area contributed by atoms with Crippen LogP contribution in [-0.4, -0.2) is 40.1 Å². The van der Waals surface area contributed by atoms with E-state index in [1.165, 1.54) is 6.92 Å². The lowest BCUT2D eigenvalue weighted by Gasteiger charge is -2.52. The van der Waals surface area contributed by atoms with Gasteiger partial charge in [0, 0.05) is 19.8 Å². The number of nitrogens with zero attached hydrogens (tertiary/aromatic N) is 1. The summed E-state index contributed by atoms with van der Waals surface area (Å²) in [7, 11) is 0. The lowest BCUT2D eigenvalue weighted by molar-refractivity contribution is -0.275. The molecule has 0 atom stereocenters. The minimum Gasteiger partial charge on any atom is -0.461 e. The van der Waals surface area contributed by atoms with Gasteiger partial charge in [0.1, 0.15) is 12.0 Å². The average molecular weight is 292 g/mol. The smallest absolute Gasteiger partial charge is 0.322 e. The van der Waals surface area contributed by atoms with Crippen LogP contribution in [0.4, 0.5) is 0 Å². The van der Waals surface area contributed by atoms with Gasteiger partial charge in [-0.2, -0.15) is 0 Å². The maximum absolute atomic E-state index is 11.3. The van der Waals surface area contributed by atoms with Crippen molar-refractivity contribution in [1.29, 1.82) is 0 Å². The van der Waals surface area contributed by atoms with Crippen LogP contribution in [0.2, 0.25) is 0 Å². The zero-order chi connectivity index (χ0) is 14.8. The number of rotatable bonds is 3. The molecule has 0 N–H and O–H groups in total. The number of hydrogen-bond acceptors (Lipinski definition) is 5. The highest BCUT2D eigenvalue weighted by Gasteiger charge is 2.49. The van der Waals surface area contributed by atoms with Gasteiger partial charge in [0.2, 0.25) is 0 Å². The van der Waals surface area contributed by atoms with Crippen molar-refractivity contribution in [2.24, 2.45) is 0 Å². The molecular weight excluding hydrogens is 270 g/mol. The molecule has 1 aliphatic rings. The van der Waals surface area contributed by atoms with Crippen molar-refractivity contribution in [2.75, 3.05) is 5.88 Å². The Morgan fingerprint density at radius 3 is 2.05 bits per heavy atom. The van der Waals surface area contributed by atoms with Crippen molar-refractivity contribution in [1.82, 2.24) is 5.06 Å². The van der Waals surface area contributed by atoms with Gasteiger partial charge >= 0.3 is 11.9 Å². The van der Waals surface area contributed by atoms with Crippen LogP contribution < -0.4 is 0 Å². The lowest BCUT2D eigenvalue weighted by Crippen LogP contribution is -2.62. The van der Waals surface area contributed by atoms with E-state index in [9.17, 15) is 9.59 Å². The third kappa shape index (κ3) is 4.08. The summed E-state index contributed by atoms with van der Waals surface area (Å²) in [5.74, 6) is -0.915. The van der Waals surface area contributed by atoms with Crippen LogP contribution in [0.15, 0.2) is 0 Å². The van der Waals surface area contributed by atoms with Crippen LogP contribution >= 0.6 is 11.6 Å². The van der Waals surface area contributed by atoms with E-state index in [1.807, 2.05) is 27.7 Å². The molecule has 1 saturated heterocycles. The van der Waals surface area contributed by atoms with Crippen molar-refractivity contribution < 1.29 is 19.2 Å². The molecule has 5 nitrogen and oxygen atoms in total. The van der Waals surface area contributed by atoms with E-state index in [0.29, 0.717) is 12.8 Å². The number of hydrogen-bond donors (Lipinski definition) is 0. The Hall–Kier alpha value is -0.810. The fourth-order valence-corrected chi connectivity index (χ4v) is 2.91. The molecule has 6 heteroatoms. The molecule has 0 bridgehead atoms. The minimum absolute atomic E-state index is 0.148. The van der Waals surface area contributed by atoms with Gasteiger partial charge in [-0.3, -0.25) is 9.59 Å². The highest BCUT2D eigenvalue weighted by molar-refractivity contribution is 6.26. The second-order valence-electron chi connectivity index (χ2n) is 6.16. The number of carbonyl (C=O) groups is 2. The van der Waals surface area contributed by atoms with E-state index in [1.54, 1.807) is 5.06 Å². The van der Waals surface area contributed by atoms with Gasteiger partial charge in [0.25, 0.3) is 0 Å². The van der Waals surface area contributed by atoms with Crippen LogP contribution in [0.25, 0.3) is 0 Å². The van der Waals surface area contributed by atoms with Gasteiger partial charge in [-0.15, -0.1) is 16.7 Å². The predicted octanol–water partition coefficient (Wildman–Crippen LogP) is 2.27. The van der Waals surface area contributed by atoms with E-state index in [-0.39, 0.29) is 18.0 Å². The second-order valence-corrected chi connectivity index (χ2v) is 6.42. The molecule has 1 aliphatic heterocycles. The summed E-state index contributed by atoms with van der Waals surface area (Å²) in [6.07, 6.45) is 0.960. The Bertz CT molecular complexity index is 350. The molecule has 0 radical (unpaired) electrons. The molecular formula is C13H22ClNO4. The maximum atomic E-state index is 11.3. The van der Waals surface area contributed by atoms with Crippen molar-refractivity contribution in [3.05, 3.63) is 0 Å². The van der Waals surface area contributed by atoms with Gasteiger partial charge in [-0.05, 0) is 27.7 Å². The maximum Gasteiger partial charge on any atom is 0.322 e. The van der Waals surface area contributed by atoms with Crippen LogP contribution in [0, 0.1) is 0 Å². The zero-order valence-electron chi connectivity index (χ0n) is 12.2. The summed E-state index contributed by atoms with van der Waals surface area (Å²) in [6.45, 7) is 9.21. The van der Waals surface area contributed by atoms with Gasteiger partial charge in [-0.25, -0.2) is 0 Å². The fourth-order valence-electron chi connectivity index (χ4n) is 2.85. The normalized spacial score (nSPS) is 22.8. The Kier molecular flexibility index (Phi) is 4.85. The molecule has 1 heterocycles. The molecule has 1 rings (SSSR count). The Morgan fingerprint density at radius 1 is 1.21 bits per heavy atom. The van der Waals surface area contributed by atoms with Crippen LogP contribution in [0.3, 0.4) is 0 Å². The standard InChI is InChI=1S/C13H22ClNO4/c1-9(16)19-15-12(2,3)6-10(7-13(15,4)5)18-11(17)8-14/h10H,6-8H2,1-5H3. The van der Waals surface area contributed by atoms with E-state index in [0.717, 1.165) is 0 Å². The number of hydroxylamine groups is 2. The SMILES string of the molecule is CC(=O)ON1C(C)(C)CC(OC(=O)CCl)CC1(C)C. The largest absolute Gasteiger partial charge is 0.461 e. The van der Waals surface area contributed by atoms with Gasteiger partial charge in [0.15, 0.2) is 0 Å². The highest BCUT2D eigenvalue weighted by atomic mass is 35.5. The van der Waals surface area contributed by atoms with Gasteiger partial charge in [0.05, 0.1) is 11.1 Å². The van der Waals surface area contributed by atoms with Gasteiger partial charge < -0.3 is 9.57 Å². The first-order valence-corrected chi connectivity index (χ1v) is 6.86. The van der Waals surface area contributed by atoms with Crippen molar-refractivity contribution in [3.63, 3.8) is 0 Å². The molecule has 19 heavy (non-hydrogen) atoms. The monoisotopic (exact) mass is 291 g/mol. The molecule has 0 aromatic rings. The Morgan fingerprint density at radius 2 is 1.68 bits per heavy atom. The molecule has 0 saturated carbocycles. The third-order valence-electron chi connectivity index (χ3n) is 3.18. The summed E-state index contributed by atoms with van der Waals surface area (Å²) in [6, 6.07) is 0. The number of piperidine rings is 1. The molecule has 0 spiro atoms. The molecule has 110 valence electrons. The molecule has 0 aromatic carbocycles. The van der Waals surface area contributed by atoms with Crippen LogP contribution in [-0.2, 0) is 19.2 Å². The van der Waals surface area contributed by atoms with E-state index in [2.05, 4.69) is 0 Å². The molecule has 1 fully saturated rings. The topological polar surface area (TPSA) is 55.8 Å². The Balaban J connectivity index is 2.87. The average Bonchev–Trinajstić information content (AvgIpc) is 2.22. The molecule has 0 aliphatic carbocycles. The van der Waals surface area contributed by atoms with Crippen molar-refractivity contribution in [2.45, 2.75) is 64.6 Å². The summed E-state index contributed by atoms with van der Waals surface area (Å²) in [5.41, 5.74) is -0.824. The first kappa shape index (κ1) is 16.2. The summed E-state index contributed by atoms with van der Waals surface area (Å²) >= 11 is 5.46. The molecule has 0 unspecified atom stereocenters. The van der Waals surface area contributed by atoms with Gasteiger partial charge in [-0.1, -0.05) is 0 Å². The molecule has 0 amide bonds. The lowest BCUT2D eigenvalue weighted by atomic mass is 9.80. The first-order valence-electron chi connectivity index (χ1n) is 6.33. The molecule has 0 aromatic heterocycles. The van der Waals surface area contributed by atoms with E-state index >= 15 is 0 Å². The zero-order valence-corrected chi connectivity index (χ0v) is 12.9. The first-order chi connectivity index (χ1) is 8.58. The number of esters is 1. The third-order valence-corrected chi connectivity index (χ3v) is 3.40. The summed E-state index contributed by atoms with van der Waals surface area (Å²) < 4.78 is 5.33. The summed E-state index contributed by atoms with van der Waals surface area (Å²) in [5, 5.41) is 1.70. The van der Waals surface area contributed by atoms with Crippen LogP contribution in [0.1, 0.15) is 47.5 Å². The number of ether oxygens (including phenoxy) is 1. The number of alkyl halides is 1. The number of carbonyl (C=O) groups excluding carboxylic acids is 2. The second kappa shape index (κ2) is 5.67. The van der Waals surface area contributed by atoms with Crippen molar-refractivity contribution >= 4 is 23.5 Å². The number of halogens is 1. The highest BCUT2D eigenvalue weighted by Crippen LogP contribution is 2.39. The van der Waals surface area contributed by atoms with E-state index in [4.69, 9.17) is 21.2 Å². The minimum atomic E-state index is -0.417. The van der Waals surface area contributed by atoms with E-state index < -0.39 is 17.0 Å². The Labute approximate surface area is 119 Å². The predicted molar refractivity (Wildman–Crippen MR) is 71.6 cm³/mol. The quantitative estimate of drug-likeness (QED) is 0.590. The van der Waals surface area contributed by atoms with Crippen LogP contribution in [0.5, 0.6) is 0 Å². The van der Waals surface area contributed by atoms with Crippen molar-refractivity contribution in [3.8, 4) is 0 Å². The summed E-state index contributed by atoms with van der Waals surface area (Å²) in [4.78, 5) is 27.9. The fraction of sp³-hybridized carbons (Fsp3) is 0.846.